The summed E-state index contributed by atoms with van der Waals surface area (Å²) in [6.07, 6.45) is 3.83. The average Bonchev–Trinajstić information content (AvgIpc) is 2.30. The van der Waals surface area contributed by atoms with Gasteiger partial charge in [-0.1, -0.05) is 36.4 Å². The van der Waals surface area contributed by atoms with Gasteiger partial charge in [0, 0.05) is 26.2 Å². The Morgan fingerprint density at radius 1 is 1.12 bits per heavy atom. The molecule has 0 spiro atoms. The van der Waals surface area contributed by atoms with Gasteiger partial charge in [0.15, 0.2) is 0 Å². The number of nitrogens with zero attached hydrogens (tertiary/aromatic N) is 1. The van der Waals surface area contributed by atoms with Gasteiger partial charge in [0.1, 0.15) is 0 Å². The van der Waals surface area contributed by atoms with Crippen molar-refractivity contribution in [2.45, 2.75) is 13.1 Å². The van der Waals surface area contributed by atoms with Crippen LogP contribution in [0.2, 0.25) is 0 Å². The van der Waals surface area contributed by atoms with E-state index in [4.69, 9.17) is 5.73 Å². The topological polar surface area (TPSA) is 29.3 Å². The molecular weight excluding hydrogens is 196 g/mol. The highest BCUT2D eigenvalue weighted by atomic mass is 15.1. The van der Waals surface area contributed by atoms with Gasteiger partial charge in [0.2, 0.25) is 0 Å². The largest absolute Gasteiger partial charge is 0.326 e. The van der Waals surface area contributed by atoms with Crippen molar-refractivity contribution in [2.24, 2.45) is 5.73 Å². The molecule has 0 aliphatic rings. The monoisotopic (exact) mass is 216 g/mol. The first-order valence-electron chi connectivity index (χ1n) is 5.52. The SMILES string of the molecule is C=CCN(CC=C)Cc1cccc(CN)c1. The Kier molecular flexibility index (Phi) is 5.54. The lowest BCUT2D eigenvalue weighted by Crippen LogP contribution is -2.23. The molecule has 0 aromatic heterocycles. The first kappa shape index (κ1) is 12.7. The van der Waals surface area contributed by atoms with E-state index < -0.39 is 0 Å². The quantitative estimate of drug-likeness (QED) is 0.709. The molecule has 0 saturated heterocycles. The van der Waals surface area contributed by atoms with E-state index in [1.165, 1.54) is 11.1 Å². The van der Waals surface area contributed by atoms with Crippen LogP contribution >= 0.6 is 0 Å². The second-order valence-corrected chi connectivity index (χ2v) is 3.80. The van der Waals surface area contributed by atoms with Gasteiger partial charge < -0.3 is 5.73 Å². The number of hydrogen-bond donors (Lipinski definition) is 1. The normalized spacial score (nSPS) is 10.4. The third-order valence-electron chi connectivity index (χ3n) is 2.41. The van der Waals surface area contributed by atoms with Crippen molar-refractivity contribution in [3.63, 3.8) is 0 Å². The van der Waals surface area contributed by atoms with Gasteiger partial charge >= 0.3 is 0 Å². The van der Waals surface area contributed by atoms with Crippen LogP contribution < -0.4 is 5.73 Å². The summed E-state index contributed by atoms with van der Waals surface area (Å²) in [6.45, 7) is 10.8. The summed E-state index contributed by atoms with van der Waals surface area (Å²) in [4.78, 5) is 2.27. The molecule has 2 N–H and O–H groups in total. The molecule has 0 bridgehead atoms. The highest BCUT2D eigenvalue weighted by Gasteiger charge is 2.02. The maximum atomic E-state index is 5.62. The van der Waals surface area contributed by atoms with E-state index in [0.29, 0.717) is 6.54 Å². The molecule has 0 amide bonds. The van der Waals surface area contributed by atoms with Gasteiger partial charge in [-0.2, -0.15) is 0 Å². The molecule has 0 atom stereocenters. The van der Waals surface area contributed by atoms with E-state index in [1.54, 1.807) is 0 Å². The molecule has 0 aliphatic carbocycles. The molecule has 2 nitrogen and oxygen atoms in total. The molecule has 1 rings (SSSR count). The van der Waals surface area contributed by atoms with Crippen LogP contribution in [-0.4, -0.2) is 18.0 Å². The Morgan fingerprint density at radius 3 is 2.31 bits per heavy atom. The van der Waals surface area contributed by atoms with Gasteiger partial charge in [0.05, 0.1) is 0 Å². The minimum absolute atomic E-state index is 0.594. The Bertz CT molecular complexity index is 334. The Morgan fingerprint density at radius 2 is 1.75 bits per heavy atom. The molecule has 2 heteroatoms. The van der Waals surface area contributed by atoms with Crippen LogP contribution in [0.1, 0.15) is 11.1 Å². The van der Waals surface area contributed by atoms with E-state index in [2.05, 4.69) is 42.3 Å². The van der Waals surface area contributed by atoms with Gasteiger partial charge in [0.25, 0.3) is 0 Å². The highest BCUT2D eigenvalue weighted by molar-refractivity contribution is 5.23. The highest BCUT2D eigenvalue weighted by Crippen LogP contribution is 2.08. The van der Waals surface area contributed by atoms with Crippen LogP contribution in [0.5, 0.6) is 0 Å². The summed E-state index contributed by atoms with van der Waals surface area (Å²) in [5.74, 6) is 0. The van der Waals surface area contributed by atoms with Crippen LogP contribution in [0.15, 0.2) is 49.6 Å². The molecule has 0 unspecified atom stereocenters. The second kappa shape index (κ2) is 6.99. The Labute approximate surface area is 98.1 Å². The maximum absolute atomic E-state index is 5.62. The summed E-state index contributed by atoms with van der Waals surface area (Å²) in [5.41, 5.74) is 8.08. The van der Waals surface area contributed by atoms with Crippen molar-refractivity contribution < 1.29 is 0 Å². The maximum Gasteiger partial charge on any atom is 0.0240 e. The molecule has 16 heavy (non-hydrogen) atoms. The van der Waals surface area contributed by atoms with E-state index in [1.807, 2.05) is 12.2 Å². The third kappa shape index (κ3) is 4.01. The smallest absolute Gasteiger partial charge is 0.0240 e. The standard InChI is InChI=1S/C14H20N2/c1-3-8-16(9-4-2)12-14-7-5-6-13(10-14)11-15/h3-7,10H,1-2,8-9,11-12,15H2. The van der Waals surface area contributed by atoms with Crippen LogP contribution in [0, 0.1) is 0 Å². The Hall–Kier alpha value is -1.38. The van der Waals surface area contributed by atoms with E-state index >= 15 is 0 Å². The fourth-order valence-corrected chi connectivity index (χ4v) is 1.68. The van der Waals surface area contributed by atoms with Crippen molar-refractivity contribution in [1.82, 2.24) is 4.90 Å². The summed E-state index contributed by atoms with van der Waals surface area (Å²) in [7, 11) is 0. The second-order valence-electron chi connectivity index (χ2n) is 3.80. The molecule has 86 valence electrons. The summed E-state index contributed by atoms with van der Waals surface area (Å²) >= 11 is 0. The summed E-state index contributed by atoms with van der Waals surface area (Å²) < 4.78 is 0. The Balaban J connectivity index is 2.67. The average molecular weight is 216 g/mol. The van der Waals surface area contributed by atoms with Crippen LogP contribution in [0.3, 0.4) is 0 Å². The third-order valence-corrected chi connectivity index (χ3v) is 2.41. The molecule has 0 fully saturated rings. The van der Waals surface area contributed by atoms with Crippen molar-refractivity contribution in [3.8, 4) is 0 Å². The van der Waals surface area contributed by atoms with E-state index in [0.717, 1.165) is 19.6 Å². The number of benzene rings is 1. The molecule has 0 heterocycles. The zero-order valence-electron chi connectivity index (χ0n) is 9.73. The van der Waals surface area contributed by atoms with E-state index in [-0.39, 0.29) is 0 Å². The van der Waals surface area contributed by atoms with Crippen molar-refractivity contribution in [2.75, 3.05) is 13.1 Å². The number of rotatable bonds is 7. The van der Waals surface area contributed by atoms with Crippen LogP contribution in [-0.2, 0) is 13.1 Å². The van der Waals surface area contributed by atoms with Crippen LogP contribution in [0.4, 0.5) is 0 Å². The molecule has 1 aromatic carbocycles. The molecule has 1 aromatic rings. The predicted octanol–water partition coefficient (Wildman–Crippen LogP) is 2.32. The van der Waals surface area contributed by atoms with E-state index in [9.17, 15) is 0 Å². The summed E-state index contributed by atoms with van der Waals surface area (Å²) in [6, 6.07) is 8.38. The van der Waals surface area contributed by atoms with Crippen molar-refractivity contribution >= 4 is 0 Å². The first-order valence-corrected chi connectivity index (χ1v) is 5.52. The lowest BCUT2D eigenvalue weighted by atomic mass is 10.1. The lowest BCUT2D eigenvalue weighted by Gasteiger charge is -2.19. The summed E-state index contributed by atoms with van der Waals surface area (Å²) in [5, 5.41) is 0. The van der Waals surface area contributed by atoms with Gasteiger partial charge in [-0.05, 0) is 11.1 Å². The molecule has 0 aliphatic heterocycles. The first-order chi connectivity index (χ1) is 7.80. The van der Waals surface area contributed by atoms with Gasteiger partial charge in [-0.25, -0.2) is 0 Å². The predicted molar refractivity (Wildman–Crippen MR) is 70.0 cm³/mol. The number of nitrogens with two attached hydrogens (primary N) is 1. The van der Waals surface area contributed by atoms with Gasteiger partial charge in [-0.3, -0.25) is 4.90 Å². The minimum atomic E-state index is 0.594. The molecule has 0 radical (unpaired) electrons. The number of hydrogen-bond acceptors (Lipinski definition) is 2. The zero-order valence-corrected chi connectivity index (χ0v) is 9.73. The zero-order chi connectivity index (χ0) is 11.8. The van der Waals surface area contributed by atoms with Gasteiger partial charge in [-0.15, -0.1) is 13.2 Å². The molecular formula is C14H20N2. The van der Waals surface area contributed by atoms with Crippen LogP contribution in [0.25, 0.3) is 0 Å². The fourth-order valence-electron chi connectivity index (χ4n) is 1.68. The van der Waals surface area contributed by atoms with Crippen molar-refractivity contribution in [1.29, 1.82) is 0 Å². The lowest BCUT2D eigenvalue weighted by molar-refractivity contribution is 0.327. The molecule has 0 saturated carbocycles. The minimum Gasteiger partial charge on any atom is -0.326 e. The van der Waals surface area contributed by atoms with Crippen molar-refractivity contribution in [3.05, 3.63) is 60.7 Å². The fraction of sp³-hybridized carbons (Fsp3) is 0.286.